The van der Waals surface area contributed by atoms with E-state index in [1.54, 1.807) is 31.0 Å². The molecule has 0 aliphatic carbocycles. The van der Waals surface area contributed by atoms with Crippen molar-refractivity contribution in [2.75, 3.05) is 23.7 Å². The topological polar surface area (TPSA) is 105 Å². The molecule has 4 aromatic rings. The van der Waals surface area contributed by atoms with Gasteiger partial charge in [0.15, 0.2) is 15.7 Å². The molecule has 1 fully saturated rings. The molecule has 0 saturated carbocycles. The van der Waals surface area contributed by atoms with Gasteiger partial charge in [0.1, 0.15) is 11.6 Å². The summed E-state index contributed by atoms with van der Waals surface area (Å²) >= 11 is 6.84. The molecule has 0 N–H and O–H groups in total. The third-order valence-corrected chi connectivity index (χ3v) is 10.8. The van der Waals surface area contributed by atoms with E-state index in [4.69, 9.17) is 11.6 Å². The molecule has 2 aliphatic rings. The smallest absolute Gasteiger partial charge is 0.346 e. The van der Waals surface area contributed by atoms with E-state index in [0.717, 1.165) is 16.7 Å². The Morgan fingerprint density at radius 3 is 2.56 bits per heavy atom. The van der Waals surface area contributed by atoms with Gasteiger partial charge in [0.2, 0.25) is 5.91 Å². The standard InChI is InChI=1S/C32H30ClF2N5O4S/c1-6-22(41)38-13-18(5)39-19(14-38)15-45(43,44)30-24-29(26(35)23(25(30)33)20-9-7-8-10-21(20)34)40(32(42)37-31(24)39)28-17(4)11-12-36-27(28)16(2)3/h6-12,16,18-19H,1,13-15H2,2-5H3. The summed E-state index contributed by atoms with van der Waals surface area (Å²) in [5.74, 6) is -3.11. The van der Waals surface area contributed by atoms with Gasteiger partial charge in [-0.05, 0) is 43.5 Å². The molecule has 2 unspecified atom stereocenters. The van der Waals surface area contributed by atoms with Gasteiger partial charge in [-0.3, -0.25) is 14.3 Å². The summed E-state index contributed by atoms with van der Waals surface area (Å²) in [4.78, 5) is 38.4. The number of rotatable bonds is 4. The van der Waals surface area contributed by atoms with Crippen LogP contribution in [0.2, 0.25) is 5.02 Å². The predicted molar refractivity (Wildman–Crippen MR) is 169 cm³/mol. The monoisotopic (exact) mass is 653 g/mol. The Morgan fingerprint density at radius 2 is 1.89 bits per heavy atom. The molecule has 4 heterocycles. The lowest BCUT2D eigenvalue weighted by atomic mass is 9.99. The van der Waals surface area contributed by atoms with E-state index in [-0.39, 0.29) is 47.4 Å². The Bertz CT molecular complexity index is 2100. The highest BCUT2D eigenvalue weighted by Gasteiger charge is 2.45. The number of amides is 1. The van der Waals surface area contributed by atoms with Crippen molar-refractivity contribution in [3.8, 4) is 16.8 Å². The van der Waals surface area contributed by atoms with Gasteiger partial charge in [0, 0.05) is 36.5 Å². The van der Waals surface area contributed by atoms with E-state index in [9.17, 15) is 18.0 Å². The second kappa shape index (κ2) is 11.0. The summed E-state index contributed by atoms with van der Waals surface area (Å²) in [5.41, 5.74) is -0.771. The number of pyridine rings is 1. The zero-order valence-corrected chi connectivity index (χ0v) is 26.6. The van der Waals surface area contributed by atoms with Crippen LogP contribution in [0.1, 0.15) is 37.9 Å². The number of aryl methyl sites for hydroxylation is 1. The molecule has 2 aromatic carbocycles. The van der Waals surface area contributed by atoms with E-state index < -0.39 is 66.0 Å². The molecular weight excluding hydrogens is 624 g/mol. The van der Waals surface area contributed by atoms with Gasteiger partial charge in [-0.1, -0.05) is 50.2 Å². The highest BCUT2D eigenvalue weighted by Crippen LogP contribution is 2.48. The lowest BCUT2D eigenvalue weighted by Crippen LogP contribution is -2.61. The molecular formula is C32H30ClF2N5O4S. The van der Waals surface area contributed by atoms with Crippen LogP contribution < -0.4 is 10.6 Å². The summed E-state index contributed by atoms with van der Waals surface area (Å²) in [5, 5.41) is -0.704. The van der Waals surface area contributed by atoms with E-state index in [2.05, 4.69) is 16.5 Å². The number of hydrogen-bond donors (Lipinski definition) is 0. The van der Waals surface area contributed by atoms with Gasteiger partial charge in [-0.25, -0.2) is 22.0 Å². The predicted octanol–water partition coefficient (Wildman–Crippen LogP) is 5.19. The maximum Gasteiger partial charge on any atom is 0.354 e. The largest absolute Gasteiger partial charge is 0.354 e. The number of sulfone groups is 1. The minimum Gasteiger partial charge on any atom is -0.346 e. The molecule has 0 radical (unpaired) electrons. The minimum atomic E-state index is -4.37. The van der Waals surface area contributed by atoms with Crippen LogP contribution in [-0.4, -0.2) is 64.7 Å². The SMILES string of the molecule is C=CC(=O)N1CC(C)N2c3nc(=O)n(-c4c(C)ccnc4C(C)C)c4c(F)c(-c5ccccc5F)c(Cl)c(c34)S(=O)(=O)CC2C1. The first-order valence-electron chi connectivity index (χ1n) is 14.4. The van der Waals surface area contributed by atoms with Gasteiger partial charge in [-0.2, -0.15) is 4.98 Å². The molecule has 1 saturated heterocycles. The third kappa shape index (κ3) is 4.73. The normalized spacial score (nSPS) is 19.0. The molecule has 13 heteroatoms. The van der Waals surface area contributed by atoms with Crippen molar-refractivity contribution < 1.29 is 22.0 Å². The Hall–Kier alpha value is -4.16. The zero-order valence-electron chi connectivity index (χ0n) is 25.0. The van der Waals surface area contributed by atoms with Crippen LogP contribution in [0.4, 0.5) is 14.6 Å². The zero-order chi connectivity index (χ0) is 32.5. The molecule has 0 bridgehead atoms. The Labute approximate surface area is 263 Å². The molecule has 0 spiro atoms. The number of fused-ring (bicyclic) bond motifs is 2. The molecule has 1 amide bonds. The first-order valence-corrected chi connectivity index (χ1v) is 16.4. The molecule has 234 valence electrons. The van der Waals surface area contributed by atoms with Gasteiger partial charge >= 0.3 is 5.69 Å². The van der Waals surface area contributed by atoms with Gasteiger partial charge in [0.25, 0.3) is 0 Å². The fourth-order valence-corrected chi connectivity index (χ4v) is 9.03. The van der Waals surface area contributed by atoms with Crippen molar-refractivity contribution in [2.45, 2.75) is 50.6 Å². The maximum absolute atomic E-state index is 17.3. The quantitative estimate of drug-likeness (QED) is 0.221. The minimum absolute atomic E-state index is 0.0197. The van der Waals surface area contributed by atoms with Crippen LogP contribution in [0.5, 0.6) is 0 Å². The van der Waals surface area contributed by atoms with E-state index in [0.29, 0.717) is 11.3 Å². The molecule has 2 aliphatic heterocycles. The van der Waals surface area contributed by atoms with Crippen molar-refractivity contribution in [3.63, 3.8) is 0 Å². The summed E-state index contributed by atoms with van der Waals surface area (Å²) in [6.45, 7) is 10.9. The van der Waals surface area contributed by atoms with Crippen molar-refractivity contribution in [3.05, 3.63) is 87.6 Å². The number of aromatic nitrogens is 3. The van der Waals surface area contributed by atoms with Crippen LogP contribution in [0.25, 0.3) is 27.7 Å². The number of hydrogen-bond acceptors (Lipinski definition) is 7. The highest BCUT2D eigenvalue weighted by molar-refractivity contribution is 7.91. The molecule has 2 aromatic heterocycles. The van der Waals surface area contributed by atoms with E-state index in [1.165, 1.54) is 23.1 Å². The second-order valence-corrected chi connectivity index (χ2v) is 14.1. The first-order chi connectivity index (χ1) is 21.3. The number of nitrogens with zero attached hydrogens (tertiary/aromatic N) is 5. The van der Waals surface area contributed by atoms with E-state index >= 15 is 8.78 Å². The number of piperazine rings is 1. The first kappa shape index (κ1) is 30.8. The molecule has 6 rings (SSSR count). The Morgan fingerprint density at radius 1 is 1.18 bits per heavy atom. The van der Waals surface area contributed by atoms with E-state index in [1.807, 2.05) is 13.8 Å². The molecule has 2 atom stereocenters. The lowest BCUT2D eigenvalue weighted by molar-refractivity contribution is -0.127. The van der Waals surface area contributed by atoms with Crippen LogP contribution in [0.3, 0.4) is 0 Å². The van der Waals surface area contributed by atoms with Gasteiger partial charge in [-0.15, -0.1) is 0 Å². The highest BCUT2D eigenvalue weighted by atomic mass is 35.5. The van der Waals surface area contributed by atoms with Crippen LogP contribution >= 0.6 is 11.6 Å². The van der Waals surface area contributed by atoms with Crippen LogP contribution in [-0.2, 0) is 14.6 Å². The van der Waals surface area contributed by atoms with Crippen LogP contribution in [0, 0.1) is 18.6 Å². The number of halogens is 3. The van der Waals surface area contributed by atoms with Gasteiger partial charge < -0.3 is 9.80 Å². The Kier molecular flexibility index (Phi) is 7.56. The van der Waals surface area contributed by atoms with Crippen molar-refractivity contribution in [2.24, 2.45) is 0 Å². The van der Waals surface area contributed by atoms with Crippen LogP contribution in [0.15, 0.2) is 58.9 Å². The third-order valence-electron chi connectivity index (χ3n) is 8.46. The maximum atomic E-state index is 17.3. The van der Waals surface area contributed by atoms with Crippen molar-refractivity contribution in [1.29, 1.82) is 0 Å². The average molecular weight is 654 g/mol. The summed E-state index contributed by atoms with van der Waals surface area (Å²) in [6.07, 6.45) is 2.72. The molecule has 9 nitrogen and oxygen atoms in total. The lowest BCUT2D eigenvalue weighted by Gasteiger charge is -2.45. The second-order valence-electron chi connectivity index (χ2n) is 11.7. The fourth-order valence-electron chi connectivity index (χ4n) is 6.58. The summed E-state index contributed by atoms with van der Waals surface area (Å²) in [7, 11) is -4.37. The average Bonchev–Trinajstić information content (AvgIpc) is 3.07. The molecule has 45 heavy (non-hydrogen) atoms. The van der Waals surface area contributed by atoms with Crippen molar-refractivity contribution in [1.82, 2.24) is 19.4 Å². The number of carbonyl (C=O) groups excluding carboxylic acids is 1. The summed E-state index contributed by atoms with van der Waals surface area (Å²) < 4.78 is 62.4. The van der Waals surface area contributed by atoms with Crippen molar-refractivity contribution >= 4 is 44.1 Å². The Balaban J connectivity index is 1.84. The summed E-state index contributed by atoms with van der Waals surface area (Å²) in [6, 6.07) is 5.57. The van der Waals surface area contributed by atoms with Gasteiger partial charge in [0.05, 0.1) is 44.0 Å². The number of benzene rings is 2. The number of anilines is 1. The fraction of sp³-hybridized carbons (Fsp3) is 0.312. The number of carbonyl (C=O) groups is 1.